The van der Waals surface area contributed by atoms with E-state index in [4.69, 9.17) is 0 Å². The Balaban J connectivity index is 2.41. The first-order chi connectivity index (χ1) is 4.97. The largest absolute Gasteiger partial charge is 0.244 e. The second-order valence-corrected chi connectivity index (χ2v) is 2.71. The Hall–Kier alpha value is -0.850. The highest BCUT2D eigenvalue weighted by Crippen LogP contribution is 2.18. The van der Waals surface area contributed by atoms with E-state index in [-0.39, 0.29) is 0 Å². The number of pyridine rings is 1. The lowest BCUT2D eigenvalue weighted by Crippen LogP contribution is -2.02. The van der Waals surface area contributed by atoms with Crippen molar-refractivity contribution in [2.75, 3.05) is 0 Å². The number of hydrogen-bond donors (Lipinski definition) is 0. The molecular weight excluding hydrogens is 122 g/mol. The fraction of sp³-hybridized carbons (Fsp3) is 0.444. The fourth-order valence-corrected chi connectivity index (χ4v) is 1.43. The molecular formula is C9H9N. The van der Waals surface area contributed by atoms with Gasteiger partial charge in [0.15, 0.2) is 0 Å². The molecule has 10 heavy (non-hydrogen) atoms. The summed E-state index contributed by atoms with van der Waals surface area (Å²) in [5, 5.41) is 0. The molecule has 0 spiro atoms. The topological polar surface area (TPSA) is 12.9 Å². The highest BCUT2D eigenvalue weighted by Gasteiger charge is 2.07. The molecule has 0 N–H and O–H groups in total. The van der Waals surface area contributed by atoms with Crippen LogP contribution >= 0.6 is 0 Å². The molecule has 2 radical (unpaired) electrons. The molecule has 0 saturated carbocycles. The van der Waals surface area contributed by atoms with Crippen LogP contribution in [0, 0.1) is 12.4 Å². The highest BCUT2D eigenvalue weighted by atomic mass is 14.6. The number of rotatable bonds is 0. The van der Waals surface area contributed by atoms with Gasteiger partial charge in [-0.05, 0) is 42.9 Å². The zero-order chi connectivity index (χ0) is 6.81. The molecule has 1 nitrogen and oxygen atoms in total. The lowest BCUT2D eigenvalue weighted by Gasteiger charge is -2.12. The predicted molar refractivity (Wildman–Crippen MR) is 38.6 cm³/mol. The molecule has 0 amide bonds. The first-order valence-electron chi connectivity index (χ1n) is 3.73. The summed E-state index contributed by atoms with van der Waals surface area (Å²) in [5.41, 5.74) is 2.71. The Morgan fingerprint density at radius 2 is 2.20 bits per heavy atom. The van der Waals surface area contributed by atoms with Crippen LogP contribution < -0.4 is 0 Å². The van der Waals surface area contributed by atoms with Crippen LogP contribution in [0.15, 0.2) is 6.07 Å². The van der Waals surface area contributed by atoms with Crippen LogP contribution in [0.4, 0.5) is 0 Å². The van der Waals surface area contributed by atoms with Crippen LogP contribution in [-0.2, 0) is 12.8 Å². The molecule has 2 rings (SSSR count). The highest BCUT2D eigenvalue weighted by molar-refractivity contribution is 5.23. The van der Waals surface area contributed by atoms with E-state index in [2.05, 4.69) is 17.4 Å². The Kier molecular flexibility index (Phi) is 1.42. The van der Waals surface area contributed by atoms with Crippen molar-refractivity contribution in [2.45, 2.75) is 25.7 Å². The molecule has 1 aliphatic rings. The molecule has 0 saturated heterocycles. The third kappa shape index (κ3) is 0.919. The van der Waals surface area contributed by atoms with Gasteiger partial charge in [-0.15, -0.1) is 0 Å². The van der Waals surface area contributed by atoms with E-state index in [0.29, 0.717) is 0 Å². The van der Waals surface area contributed by atoms with Crippen molar-refractivity contribution in [1.29, 1.82) is 0 Å². The average Bonchev–Trinajstić information content (AvgIpc) is 2.05. The SMILES string of the molecule is [c]1cc2c([c]n1)CCCC2. The molecule has 0 unspecified atom stereocenters. The van der Waals surface area contributed by atoms with E-state index >= 15 is 0 Å². The summed E-state index contributed by atoms with van der Waals surface area (Å²) in [4.78, 5) is 3.85. The summed E-state index contributed by atoms with van der Waals surface area (Å²) in [6, 6.07) is 1.99. The number of aromatic nitrogens is 1. The van der Waals surface area contributed by atoms with E-state index in [1.165, 1.54) is 30.4 Å². The molecule has 0 aromatic carbocycles. The van der Waals surface area contributed by atoms with Gasteiger partial charge in [-0.2, -0.15) is 0 Å². The van der Waals surface area contributed by atoms with Crippen molar-refractivity contribution >= 4 is 0 Å². The van der Waals surface area contributed by atoms with Crippen molar-refractivity contribution in [1.82, 2.24) is 4.98 Å². The summed E-state index contributed by atoms with van der Waals surface area (Å²) < 4.78 is 0. The molecule has 1 aromatic heterocycles. The summed E-state index contributed by atoms with van der Waals surface area (Å²) in [5.74, 6) is 0. The van der Waals surface area contributed by atoms with Gasteiger partial charge in [0.25, 0.3) is 0 Å². The van der Waals surface area contributed by atoms with Crippen molar-refractivity contribution in [3.05, 3.63) is 29.6 Å². The van der Waals surface area contributed by atoms with Gasteiger partial charge in [-0.25, -0.2) is 4.98 Å². The number of fused-ring (bicyclic) bond motifs is 1. The van der Waals surface area contributed by atoms with Crippen LogP contribution in [0.25, 0.3) is 0 Å². The van der Waals surface area contributed by atoms with Crippen molar-refractivity contribution in [3.8, 4) is 0 Å². The minimum Gasteiger partial charge on any atom is -0.244 e. The zero-order valence-electron chi connectivity index (χ0n) is 5.85. The third-order valence-corrected chi connectivity index (χ3v) is 2.00. The van der Waals surface area contributed by atoms with Crippen molar-refractivity contribution in [2.24, 2.45) is 0 Å². The van der Waals surface area contributed by atoms with E-state index < -0.39 is 0 Å². The standard InChI is InChI=1S/C9H9N/c1-2-4-9-7-10-6-5-8(9)3-1/h5H,1-4H2. The van der Waals surface area contributed by atoms with Gasteiger partial charge in [0.2, 0.25) is 0 Å². The quantitative estimate of drug-likeness (QED) is 0.520. The summed E-state index contributed by atoms with van der Waals surface area (Å²) in [6.45, 7) is 0. The fourth-order valence-electron chi connectivity index (χ4n) is 1.43. The van der Waals surface area contributed by atoms with Crippen LogP contribution in [0.3, 0.4) is 0 Å². The van der Waals surface area contributed by atoms with E-state index in [1.54, 1.807) is 0 Å². The van der Waals surface area contributed by atoms with Crippen LogP contribution in [0.2, 0.25) is 0 Å². The molecule has 0 bridgehead atoms. The maximum atomic E-state index is 3.85. The predicted octanol–water partition coefficient (Wildman–Crippen LogP) is 1.56. The van der Waals surface area contributed by atoms with E-state index in [0.717, 1.165) is 6.42 Å². The first kappa shape index (κ1) is 5.90. The maximum Gasteiger partial charge on any atom is 0.0932 e. The number of hydrogen-bond acceptors (Lipinski definition) is 1. The molecule has 0 aliphatic heterocycles. The van der Waals surface area contributed by atoms with Crippen molar-refractivity contribution < 1.29 is 0 Å². The van der Waals surface area contributed by atoms with Gasteiger partial charge in [0, 0.05) is 0 Å². The van der Waals surface area contributed by atoms with E-state index in [9.17, 15) is 0 Å². The molecule has 1 aromatic rings. The Morgan fingerprint density at radius 3 is 3.10 bits per heavy atom. The lowest BCUT2D eigenvalue weighted by molar-refractivity contribution is 0.680. The molecule has 1 heterocycles. The van der Waals surface area contributed by atoms with Gasteiger partial charge in [-0.1, -0.05) is 0 Å². The zero-order valence-corrected chi connectivity index (χ0v) is 5.85. The lowest BCUT2D eigenvalue weighted by atomic mass is 9.94. The monoisotopic (exact) mass is 131 g/mol. The number of aryl methyl sites for hydroxylation is 2. The molecule has 50 valence electrons. The molecule has 1 aliphatic carbocycles. The van der Waals surface area contributed by atoms with Gasteiger partial charge in [-0.3, -0.25) is 0 Å². The third-order valence-electron chi connectivity index (χ3n) is 2.00. The minimum absolute atomic E-state index is 1.16. The summed E-state index contributed by atoms with van der Waals surface area (Å²) >= 11 is 0. The normalized spacial score (nSPS) is 16.4. The Morgan fingerprint density at radius 1 is 1.30 bits per heavy atom. The van der Waals surface area contributed by atoms with E-state index in [1.807, 2.05) is 6.07 Å². The first-order valence-corrected chi connectivity index (χ1v) is 3.73. The second kappa shape index (κ2) is 2.41. The van der Waals surface area contributed by atoms with Crippen LogP contribution in [-0.4, -0.2) is 4.98 Å². The van der Waals surface area contributed by atoms with Gasteiger partial charge < -0.3 is 0 Å². The van der Waals surface area contributed by atoms with Gasteiger partial charge in [0.1, 0.15) is 0 Å². The van der Waals surface area contributed by atoms with Gasteiger partial charge in [0.05, 0.1) is 12.4 Å². The second-order valence-electron chi connectivity index (χ2n) is 2.71. The smallest absolute Gasteiger partial charge is 0.0932 e. The average molecular weight is 131 g/mol. The molecule has 1 heteroatoms. The van der Waals surface area contributed by atoms with Crippen molar-refractivity contribution in [3.63, 3.8) is 0 Å². The maximum absolute atomic E-state index is 3.85. The Bertz CT molecular complexity index is 205. The Labute approximate surface area is 61.1 Å². The van der Waals surface area contributed by atoms with Crippen LogP contribution in [0.5, 0.6) is 0 Å². The molecule has 0 fully saturated rings. The van der Waals surface area contributed by atoms with Gasteiger partial charge >= 0.3 is 0 Å². The summed E-state index contributed by atoms with van der Waals surface area (Å²) in [7, 11) is 0. The summed E-state index contributed by atoms with van der Waals surface area (Å²) in [6.07, 6.45) is 10.8. The molecule has 0 atom stereocenters. The van der Waals surface area contributed by atoms with Crippen LogP contribution in [0.1, 0.15) is 24.0 Å². The number of nitrogens with zero attached hydrogens (tertiary/aromatic N) is 1. The minimum atomic E-state index is 1.16.